The van der Waals surface area contributed by atoms with Crippen LogP contribution in [0.15, 0.2) is 18.2 Å². The molecule has 0 spiro atoms. The molecule has 1 aromatic carbocycles. The summed E-state index contributed by atoms with van der Waals surface area (Å²) in [6.07, 6.45) is 0. The number of esters is 1. The van der Waals surface area contributed by atoms with E-state index in [-0.39, 0.29) is 5.97 Å². The Balaban J connectivity index is 2.15. The van der Waals surface area contributed by atoms with Gasteiger partial charge in [-0.1, -0.05) is 6.92 Å². The lowest BCUT2D eigenvalue weighted by atomic mass is 10.1. The van der Waals surface area contributed by atoms with Crippen molar-refractivity contribution in [3.8, 4) is 0 Å². The molecule has 1 aromatic rings. The van der Waals surface area contributed by atoms with E-state index in [1.807, 2.05) is 12.1 Å². The molecule has 5 heteroatoms. The zero-order valence-corrected chi connectivity index (χ0v) is 11.6. The van der Waals surface area contributed by atoms with Gasteiger partial charge in [-0.3, -0.25) is 0 Å². The van der Waals surface area contributed by atoms with Crippen LogP contribution in [-0.2, 0) is 4.74 Å². The maximum Gasteiger partial charge on any atom is 0.340 e. The number of methoxy groups -OCH3 is 1. The Kier molecular flexibility index (Phi) is 4.27. The molecule has 0 saturated carbocycles. The van der Waals surface area contributed by atoms with Crippen molar-refractivity contribution in [2.45, 2.75) is 6.92 Å². The van der Waals surface area contributed by atoms with Gasteiger partial charge in [0.15, 0.2) is 0 Å². The zero-order valence-electron chi connectivity index (χ0n) is 11.6. The van der Waals surface area contributed by atoms with Gasteiger partial charge in [-0.05, 0) is 24.7 Å². The lowest BCUT2D eigenvalue weighted by Gasteiger charge is -2.35. The number of hydrogen-bond acceptors (Lipinski definition) is 5. The minimum Gasteiger partial charge on any atom is -0.465 e. The Bertz CT molecular complexity index is 454. The first-order chi connectivity index (χ1) is 9.15. The Morgan fingerprint density at radius 1 is 1.32 bits per heavy atom. The number of nitrogens with two attached hydrogens (primary N) is 1. The highest BCUT2D eigenvalue weighted by Crippen LogP contribution is 2.23. The summed E-state index contributed by atoms with van der Waals surface area (Å²) in [5.41, 5.74) is 7.75. The molecule has 1 aliphatic rings. The number of nitrogen functional groups attached to an aromatic ring is 1. The molecule has 0 amide bonds. The topological polar surface area (TPSA) is 58.8 Å². The van der Waals surface area contributed by atoms with Crippen molar-refractivity contribution in [1.82, 2.24) is 4.90 Å². The number of benzene rings is 1. The van der Waals surface area contributed by atoms with Crippen molar-refractivity contribution in [2.24, 2.45) is 0 Å². The minimum absolute atomic E-state index is 0.383. The number of hydrogen-bond donors (Lipinski definition) is 1. The van der Waals surface area contributed by atoms with E-state index in [9.17, 15) is 4.79 Å². The smallest absolute Gasteiger partial charge is 0.340 e. The number of anilines is 2. The fraction of sp³-hybridized carbons (Fsp3) is 0.500. The second-order valence-electron chi connectivity index (χ2n) is 4.68. The van der Waals surface area contributed by atoms with Crippen molar-refractivity contribution < 1.29 is 9.53 Å². The molecular formula is C14H21N3O2. The van der Waals surface area contributed by atoms with Gasteiger partial charge in [0.2, 0.25) is 0 Å². The largest absolute Gasteiger partial charge is 0.465 e. The van der Waals surface area contributed by atoms with Crippen LogP contribution in [0.25, 0.3) is 0 Å². The first kappa shape index (κ1) is 13.7. The van der Waals surface area contributed by atoms with Gasteiger partial charge in [-0.15, -0.1) is 0 Å². The number of carbonyl (C=O) groups excluding carboxylic acids is 1. The SMILES string of the molecule is CCN1CCN(c2ccc(N)c(C(=O)OC)c2)CC1. The molecule has 0 radical (unpaired) electrons. The summed E-state index contributed by atoms with van der Waals surface area (Å²) < 4.78 is 4.75. The van der Waals surface area contributed by atoms with Gasteiger partial charge in [-0.2, -0.15) is 0 Å². The summed E-state index contributed by atoms with van der Waals surface area (Å²) in [5, 5.41) is 0. The van der Waals surface area contributed by atoms with Crippen LogP contribution < -0.4 is 10.6 Å². The third-order valence-electron chi connectivity index (χ3n) is 3.63. The molecule has 0 unspecified atom stereocenters. The highest BCUT2D eigenvalue weighted by molar-refractivity contribution is 5.96. The van der Waals surface area contributed by atoms with Crippen LogP contribution in [0.4, 0.5) is 11.4 Å². The second kappa shape index (κ2) is 5.93. The van der Waals surface area contributed by atoms with Crippen LogP contribution >= 0.6 is 0 Å². The normalized spacial score (nSPS) is 16.4. The van der Waals surface area contributed by atoms with E-state index in [0.717, 1.165) is 38.4 Å². The molecular weight excluding hydrogens is 242 g/mol. The van der Waals surface area contributed by atoms with Gasteiger partial charge in [-0.25, -0.2) is 4.79 Å². The van der Waals surface area contributed by atoms with E-state index in [1.54, 1.807) is 6.07 Å². The molecule has 104 valence electrons. The summed E-state index contributed by atoms with van der Waals surface area (Å²) in [6.45, 7) is 7.30. The maximum absolute atomic E-state index is 11.6. The Labute approximate surface area is 113 Å². The number of ether oxygens (including phenoxy) is 1. The maximum atomic E-state index is 11.6. The molecule has 2 rings (SSSR count). The quantitative estimate of drug-likeness (QED) is 0.656. The highest BCUT2D eigenvalue weighted by Gasteiger charge is 2.18. The van der Waals surface area contributed by atoms with Crippen molar-refractivity contribution >= 4 is 17.3 Å². The summed E-state index contributed by atoms with van der Waals surface area (Å²) in [7, 11) is 1.37. The molecule has 1 heterocycles. The fourth-order valence-corrected chi connectivity index (χ4v) is 2.35. The summed E-state index contributed by atoms with van der Waals surface area (Å²) in [6, 6.07) is 5.56. The van der Waals surface area contributed by atoms with Crippen LogP contribution in [0.1, 0.15) is 17.3 Å². The lowest BCUT2D eigenvalue weighted by Crippen LogP contribution is -2.46. The zero-order chi connectivity index (χ0) is 13.8. The van der Waals surface area contributed by atoms with Crippen LogP contribution in [-0.4, -0.2) is 50.7 Å². The van der Waals surface area contributed by atoms with Crippen molar-refractivity contribution in [3.63, 3.8) is 0 Å². The molecule has 1 fully saturated rings. The number of rotatable bonds is 3. The molecule has 0 aliphatic carbocycles. The predicted octanol–water partition coefficient (Wildman–Crippen LogP) is 1.20. The third kappa shape index (κ3) is 2.98. The average molecular weight is 263 g/mol. The highest BCUT2D eigenvalue weighted by atomic mass is 16.5. The molecule has 0 bridgehead atoms. The van der Waals surface area contributed by atoms with Gasteiger partial charge < -0.3 is 20.3 Å². The van der Waals surface area contributed by atoms with Crippen molar-refractivity contribution in [1.29, 1.82) is 0 Å². The predicted molar refractivity (Wildman–Crippen MR) is 76.5 cm³/mol. The van der Waals surface area contributed by atoms with Gasteiger partial charge >= 0.3 is 5.97 Å². The fourth-order valence-electron chi connectivity index (χ4n) is 2.35. The first-order valence-electron chi connectivity index (χ1n) is 6.61. The van der Waals surface area contributed by atoms with E-state index < -0.39 is 0 Å². The molecule has 0 aromatic heterocycles. The van der Waals surface area contributed by atoms with Crippen LogP contribution in [0.2, 0.25) is 0 Å². The molecule has 19 heavy (non-hydrogen) atoms. The van der Waals surface area contributed by atoms with E-state index in [1.165, 1.54) is 7.11 Å². The Morgan fingerprint density at radius 2 is 2.00 bits per heavy atom. The standard InChI is InChI=1S/C14H21N3O2/c1-3-16-6-8-17(9-7-16)11-4-5-13(15)12(10-11)14(18)19-2/h4-5,10H,3,6-9,15H2,1-2H3. The van der Waals surface area contributed by atoms with Gasteiger partial charge in [0.05, 0.1) is 12.7 Å². The molecule has 5 nitrogen and oxygen atoms in total. The van der Waals surface area contributed by atoms with Gasteiger partial charge in [0, 0.05) is 37.6 Å². The summed E-state index contributed by atoms with van der Waals surface area (Å²) >= 11 is 0. The van der Waals surface area contributed by atoms with Gasteiger partial charge in [0.1, 0.15) is 0 Å². The Hall–Kier alpha value is -1.75. The molecule has 0 atom stereocenters. The molecule has 2 N–H and O–H groups in total. The monoisotopic (exact) mass is 263 g/mol. The molecule has 1 aliphatic heterocycles. The van der Waals surface area contributed by atoms with E-state index in [4.69, 9.17) is 10.5 Å². The molecule has 1 saturated heterocycles. The van der Waals surface area contributed by atoms with E-state index in [2.05, 4.69) is 16.7 Å². The van der Waals surface area contributed by atoms with Crippen LogP contribution in [0.3, 0.4) is 0 Å². The average Bonchev–Trinajstić information content (AvgIpc) is 2.47. The van der Waals surface area contributed by atoms with Crippen molar-refractivity contribution in [3.05, 3.63) is 23.8 Å². The first-order valence-corrected chi connectivity index (χ1v) is 6.61. The van der Waals surface area contributed by atoms with Crippen LogP contribution in [0, 0.1) is 0 Å². The summed E-state index contributed by atoms with van der Waals surface area (Å²) in [5.74, 6) is -0.383. The number of likely N-dealkylation sites (N-methyl/N-ethyl adjacent to an activating group) is 1. The van der Waals surface area contributed by atoms with Gasteiger partial charge in [0.25, 0.3) is 0 Å². The number of piperazine rings is 1. The van der Waals surface area contributed by atoms with E-state index in [0.29, 0.717) is 11.3 Å². The van der Waals surface area contributed by atoms with Crippen LogP contribution in [0.5, 0.6) is 0 Å². The summed E-state index contributed by atoms with van der Waals surface area (Å²) in [4.78, 5) is 16.3. The van der Waals surface area contributed by atoms with E-state index >= 15 is 0 Å². The lowest BCUT2D eigenvalue weighted by molar-refractivity contribution is 0.0602. The van der Waals surface area contributed by atoms with Crippen molar-refractivity contribution in [2.75, 3.05) is 50.5 Å². The third-order valence-corrected chi connectivity index (χ3v) is 3.63. The number of carbonyl (C=O) groups is 1. The minimum atomic E-state index is -0.383. The Morgan fingerprint density at radius 3 is 2.58 bits per heavy atom. The number of nitrogens with zero attached hydrogens (tertiary/aromatic N) is 2. The second-order valence-corrected chi connectivity index (χ2v) is 4.68.